The molecule has 0 aromatic carbocycles. The van der Waals surface area contributed by atoms with Gasteiger partial charge in [0.1, 0.15) is 13.2 Å². The Morgan fingerprint density at radius 2 is 0.500 bits per heavy atom. The van der Waals surface area contributed by atoms with Crippen LogP contribution in [0, 0.1) is 0 Å². The fourth-order valence-electron chi connectivity index (χ4n) is 9.95. The lowest BCUT2D eigenvalue weighted by atomic mass is 10.0. The number of hydrogen-bond acceptors (Lipinski definition) is 6. The van der Waals surface area contributed by atoms with Crippen LogP contribution < -0.4 is 0 Å². The van der Waals surface area contributed by atoms with E-state index in [-0.39, 0.29) is 31.1 Å². The van der Waals surface area contributed by atoms with E-state index < -0.39 is 6.10 Å². The van der Waals surface area contributed by atoms with Gasteiger partial charge in [0, 0.05) is 19.3 Å². The number of hydrogen-bond donors (Lipinski definition) is 0. The fraction of sp³-hybridized carbons (Fsp3) is 0.792. The lowest BCUT2D eigenvalue weighted by Gasteiger charge is -2.18. The second-order valence-corrected chi connectivity index (χ2v) is 22.7. The molecule has 0 aromatic heterocycles. The average molecular weight is 1090 g/mol. The summed E-state index contributed by atoms with van der Waals surface area (Å²) in [5, 5.41) is 0. The van der Waals surface area contributed by atoms with Gasteiger partial charge < -0.3 is 14.2 Å². The molecule has 1 unspecified atom stereocenters. The van der Waals surface area contributed by atoms with E-state index in [2.05, 4.69) is 93.7 Å². The summed E-state index contributed by atoms with van der Waals surface area (Å²) in [5.41, 5.74) is 0. The van der Waals surface area contributed by atoms with Gasteiger partial charge in [0.05, 0.1) is 0 Å². The zero-order chi connectivity index (χ0) is 56.4. The van der Waals surface area contributed by atoms with Crippen molar-refractivity contribution in [3.63, 3.8) is 0 Å². The molecule has 6 heteroatoms. The molecule has 452 valence electrons. The first kappa shape index (κ1) is 74.8. The van der Waals surface area contributed by atoms with Gasteiger partial charge >= 0.3 is 17.9 Å². The van der Waals surface area contributed by atoms with E-state index >= 15 is 0 Å². The Labute approximate surface area is 484 Å². The van der Waals surface area contributed by atoms with Gasteiger partial charge in [-0.05, 0) is 83.5 Å². The lowest BCUT2D eigenvalue weighted by molar-refractivity contribution is -0.167. The van der Waals surface area contributed by atoms with Crippen LogP contribution >= 0.6 is 0 Å². The molecule has 0 saturated carbocycles. The van der Waals surface area contributed by atoms with Crippen molar-refractivity contribution in [3.8, 4) is 0 Å². The molecule has 6 nitrogen and oxygen atoms in total. The number of unbranched alkanes of at least 4 members (excludes halogenated alkanes) is 39. The van der Waals surface area contributed by atoms with E-state index in [1.54, 1.807) is 0 Å². The van der Waals surface area contributed by atoms with Crippen LogP contribution in [-0.2, 0) is 28.6 Å². The highest BCUT2D eigenvalue weighted by Gasteiger charge is 2.19. The molecular formula is C72H128O6. The summed E-state index contributed by atoms with van der Waals surface area (Å²) in [6.07, 6.45) is 86.5. The molecular weight excluding hydrogens is 961 g/mol. The van der Waals surface area contributed by atoms with Gasteiger partial charge in [-0.3, -0.25) is 14.4 Å². The van der Waals surface area contributed by atoms with Crippen LogP contribution in [-0.4, -0.2) is 37.2 Å². The van der Waals surface area contributed by atoms with E-state index in [0.717, 1.165) is 122 Å². The van der Waals surface area contributed by atoms with Crippen LogP contribution in [0.3, 0.4) is 0 Å². The van der Waals surface area contributed by atoms with E-state index in [4.69, 9.17) is 14.2 Å². The maximum atomic E-state index is 12.9. The zero-order valence-electron chi connectivity index (χ0n) is 51.9. The Bertz CT molecular complexity index is 1440. The third-order valence-corrected chi connectivity index (χ3v) is 15.0. The number of allylic oxidation sites excluding steroid dienone is 12. The van der Waals surface area contributed by atoms with Gasteiger partial charge in [0.15, 0.2) is 6.10 Å². The molecule has 0 rings (SSSR count). The molecule has 0 aromatic rings. The maximum Gasteiger partial charge on any atom is 0.306 e. The molecule has 1 atom stereocenters. The Morgan fingerprint density at radius 3 is 0.782 bits per heavy atom. The lowest BCUT2D eigenvalue weighted by Crippen LogP contribution is -2.30. The first-order chi connectivity index (χ1) is 38.5. The number of carbonyl (C=O) groups is 3. The van der Waals surface area contributed by atoms with E-state index in [0.29, 0.717) is 19.3 Å². The number of rotatable bonds is 62. The van der Waals surface area contributed by atoms with Gasteiger partial charge in [0.25, 0.3) is 0 Å². The van der Waals surface area contributed by atoms with Crippen LogP contribution in [0.4, 0.5) is 0 Å². The van der Waals surface area contributed by atoms with E-state index in [9.17, 15) is 14.4 Å². The highest BCUT2D eigenvalue weighted by molar-refractivity contribution is 5.71. The van der Waals surface area contributed by atoms with Crippen LogP contribution in [0.15, 0.2) is 72.9 Å². The zero-order valence-corrected chi connectivity index (χ0v) is 51.9. The smallest absolute Gasteiger partial charge is 0.306 e. The van der Waals surface area contributed by atoms with Crippen molar-refractivity contribution in [1.29, 1.82) is 0 Å². The molecule has 0 fully saturated rings. The Balaban J connectivity index is 4.24. The quantitative estimate of drug-likeness (QED) is 0.0261. The highest BCUT2D eigenvalue weighted by atomic mass is 16.6. The molecule has 78 heavy (non-hydrogen) atoms. The first-order valence-electron chi connectivity index (χ1n) is 33.9. The van der Waals surface area contributed by atoms with Crippen LogP contribution in [0.2, 0.25) is 0 Å². The van der Waals surface area contributed by atoms with Crippen molar-refractivity contribution in [1.82, 2.24) is 0 Å². The molecule has 0 aliphatic carbocycles. The Hall–Kier alpha value is -3.15. The molecule has 0 N–H and O–H groups in total. The summed E-state index contributed by atoms with van der Waals surface area (Å²) >= 11 is 0. The van der Waals surface area contributed by atoms with E-state index in [1.807, 2.05) is 0 Å². The number of ether oxygens (including phenoxy) is 3. The van der Waals surface area contributed by atoms with Crippen molar-refractivity contribution in [3.05, 3.63) is 72.9 Å². The van der Waals surface area contributed by atoms with E-state index in [1.165, 1.54) is 186 Å². The second-order valence-electron chi connectivity index (χ2n) is 22.7. The van der Waals surface area contributed by atoms with Crippen LogP contribution in [0.25, 0.3) is 0 Å². The Morgan fingerprint density at radius 1 is 0.269 bits per heavy atom. The molecule has 0 heterocycles. The van der Waals surface area contributed by atoms with Crippen LogP contribution in [0.1, 0.15) is 348 Å². The van der Waals surface area contributed by atoms with Crippen molar-refractivity contribution in [2.75, 3.05) is 13.2 Å². The summed E-state index contributed by atoms with van der Waals surface area (Å²) in [4.78, 5) is 38.4. The molecule has 0 amide bonds. The molecule has 0 aliphatic heterocycles. The van der Waals surface area contributed by atoms with Crippen molar-refractivity contribution in [2.24, 2.45) is 0 Å². The highest BCUT2D eigenvalue weighted by Crippen LogP contribution is 2.18. The Kier molecular flexibility index (Phi) is 63.7. The van der Waals surface area contributed by atoms with Gasteiger partial charge in [-0.25, -0.2) is 0 Å². The minimum Gasteiger partial charge on any atom is -0.462 e. The minimum atomic E-state index is -0.788. The minimum absolute atomic E-state index is 0.0824. The van der Waals surface area contributed by atoms with Gasteiger partial charge in [-0.2, -0.15) is 0 Å². The van der Waals surface area contributed by atoms with Crippen molar-refractivity contribution >= 4 is 17.9 Å². The summed E-state index contributed by atoms with van der Waals surface area (Å²) in [6, 6.07) is 0. The molecule has 0 aliphatic rings. The number of esters is 3. The van der Waals surface area contributed by atoms with Gasteiger partial charge in [-0.1, -0.05) is 318 Å². The topological polar surface area (TPSA) is 78.9 Å². The summed E-state index contributed by atoms with van der Waals surface area (Å²) in [7, 11) is 0. The normalized spacial score (nSPS) is 12.5. The third kappa shape index (κ3) is 63.7. The fourth-order valence-corrected chi connectivity index (χ4v) is 9.95. The largest absolute Gasteiger partial charge is 0.462 e. The molecule has 0 bridgehead atoms. The maximum absolute atomic E-state index is 12.9. The summed E-state index contributed by atoms with van der Waals surface area (Å²) in [5.74, 6) is -0.893. The van der Waals surface area contributed by atoms with Crippen molar-refractivity contribution in [2.45, 2.75) is 354 Å². The predicted octanol–water partition coefficient (Wildman–Crippen LogP) is 23.3. The van der Waals surface area contributed by atoms with Crippen molar-refractivity contribution < 1.29 is 28.6 Å². The van der Waals surface area contributed by atoms with Gasteiger partial charge in [0.2, 0.25) is 0 Å². The van der Waals surface area contributed by atoms with Crippen LogP contribution in [0.5, 0.6) is 0 Å². The number of carbonyl (C=O) groups excluding carboxylic acids is 3. The predicted molar refractivity (Wildman–Crippen MR) is 339 cm³/mol. The molecule has 0 spiro atoms. The van der Waals surface area contributed by atoms with Gasteiger partial charge in [-0.15, -0.1) is 0 Å². The third-order valence-electron chi connectivity index (χ3n) is 15.0. The SMILES string of the molecule is CC/C=C\C/C=C\C/C=C\CCCCCCCCCC(=O)OC(COC(=O)CCCCCCC/C=C\C/C=C\C/C=C\CC)COC(=O)CCCCCCCCCCCCCCCCCCCCCCCCCCCCCC. The molecule has 0 saturated heterocycles. The molecule has 0 radical (unpaired) electrons. The second kappa shape index (κ2) is 66.4. The monoisotopic (exact) mass is 1090 g/mol. The average Bonchev–Trinajstić information content (AvgIpc) is 3.44. The summed E-state index contributed by atoms with van der Waals surface area (Å²) < 4.78 is 16.9. The summed E-state index contributed by atoms with van der Waals surface area (Å²) in [6.45, 7) is 6.45. The standard InChI is InChI=1S/C72H128O6/c1-4-7-10-13-16-19-22-25-28-30-31-32-33-34-35-36-37-38-39-40-42-44-47-50-53-56-59-62-65-71(74)77-68-69(67-76-70(73)64-61-58-55-52-49-46-43-27-24-21-18-15-12-9-6-3)78-72(75)66-63-60-57-54-51-48-45-41-29-26-23-20-17-14-11-8-5-2/h8-9,11-12,17-18,20-21,26-27,29,43,69H,4-7,10,13-16,19,22-25,28,30-42,44-68H2,1-3H3/b11-8-,12-9-,20-17-,21-18-,29-26-,43-27-. The first-order valence-corrected chi connectivity index (χ1v) is 33.9.